The van der Waals surface area contributed by atoms with Gasteiger partial charge in [-0.1, -0.05) is 6.07 Å². The van der Waals surface area contributed by atoms with Crippen LogP contribution in [0.15, 0.2) is 24.3 Å². The lowest BCUT2D eigenvalue weighted by atomic mass is 10.2. The third kappa shape index (κ3) is 5.15. The van der Waals surface area contributed by atoms with E-state index in [1.54, 1.807) is 12.1 Å². The van der Waals surface area contributed by atoms with Gasteiger partial charge in [-0.05, 0) is 45.3 Å². The molecule has 0 aromatic heterocycles. The van der Waals surface area contributed by atoms with Gasteiger partial charge in [-0.2, -0.15) is 0 Å². The predicted octanol–water partition coefficient (Wildman–Crippen LogP) is 1.54. The molecule has 17 heavy (non-hydrogen) atoms. The van der Waals surface area contributed by atoms with Crippen molar-refractivity contribution in [2.45, 2.75) is 6.42 Å². The molecule has 0 amide bonds. The zero-order valence-corrected chi connectivity index (χ0v) is 10.7. The van der Waals surface area contributed by atoms with Crippen molar-refractivity contribution in [1.29, 1.82) is 0 Å². The number of nitrogens with zero attached hydrogens (tertiary/aromatic N) is 2. The molecule has 4 heteroatoms. The van der Waals surface area contributed by atoms with Gasteiger partial charge in [0.05, 0.1) is 0 Å². The molecule has 0 radical (unpaired) electrons. The molecule has 2 N–H and O–H groups in total. The summed E-state index contributed by atoms with van der Waals surface area (Å²) in [5.74, 6) is -0.190. The van der Waals surface area contributed by atoms with Crippen molar-refractivity contribution in [3.05, 3.63) is 30.1 Å². The summed E-state index contributed by atoms with van der Waals surface area (Å²) in [6.45, 7) is 3.36. The van der Waals surface area contributed by atoms with Gasteiger partial charge in [0.15, 0.2) is 0 Å². The second kappa shape index (κ2) is 7.25. The average Bonchev–Trinajstić information content (AvgIpc) is 2.29. The van der Waals surface area contributed by atoms with Crippen molar-refractivity contribution in [3.63, 3.8) is 0 Å². The SMILES string of the molecule is CN(C)CCN(CCCN)c1cccc(F)c1. The smallest absolute Gasteiger partial charge is 0.125 e. The molecular formula is C13H22FN3. The van der Waals surface area contributed by atoms with E-state index in [0.29, 0.717) is 6.54 Å². The molecule has 0 atom stereocenters. The number of rotatable bonds is 7. The summed E-state index contributed by atoms with van der Waals surface area (Å²) in [6, 6.07) is 6.73. The summed E-state index contributed by atoms with van der Waals surface area (Å²) >= 11 is 0. The molecule has 0 fully saturated rings. The normalized spacial score (nSPS) is 10.9. The molecule has 0 heterocycles. The lowest BCUT2D eigenvalue weighted by molar-refractivity contribution is 0.412. The summed E-state index contributed by atoms with van der Waals surface area (Å²) in [6.07, 6.45) is 0.921. The molecule has 0 spiro atoms. The largest absolute Gasteiger partial charge is 0.370 e. The highest BCUT2D eigenvalue weighted by Crippen LogP contribution is 2.15. The molecule has 0 aliphatic rings. The average molecular weight is 239 g/mol. The maximum absolute atomic E-state index is 13.2. The second-order valence-corrected chi connectivity index (χ2v) is 4.41. The Kier molecular flexibility index (Phi) is 5.94. The minimum Gasteiger partial charge on any atom is -0.370 e. The number of anilines is 1. The fourth-order valence-corrected chi connectivity index (χ4v) is 1.65. The Balaban J connectivity index is 2.67. The fraction of sp³-hybridized carbons (Fsp3) is 0.538. The van der Waals surface area contributed by atoms with Crippen LogP contribution in [0.1, 0.15) is 6.42 Å². The zero-order valence-electron chi connectivity index (χ0n) is 10.7. The van der Waals surface area contributed by atoms with Crippen LogP contribution in [0.2, 0.25) is 0 Å². The van der Waals surface area contributed by atoms with Crippen LogP contribution in [0.5, 0.6) is 0 Å². The van der Waals surface area contributed by atoms with Crippen LogP contribution in [0.25, 0.3) is 0 Å². The Morgan fingerprint density at radius 2 is 1.94 bits per heavy atom. The third-order valence-electron chi connectivity index (χ3n) is 2.62. The van der Waals surface area contributed by atoms with Gasteiger partial charge >= 0.3 is 0 Å². The van der Waals surface area contributed by atoms with Gasteiger partial charge in [-0.25, -0.2) is 4.39 Å². The maximum atomic E-state index is 13.2. The Hall–Kier alpha value is -1.13. The van der Waals surface area contributed by atoms with E-state index in [4.69, 9.17) is 5.73 Å². The standard InChI is InChI=1S/C13H22FN3/c1-16(2)9-10-17(8-4-7-15)13-6-3-5-12(14)11-13/h3,5-6,11H,4,7-10,15H2,1-2H3. The second-order valence-electron chi connectivity index (χ2n) is 4.41. The fourth-order valence-electron chi connectivity index (χ4n) is 1.65. The van der Waals surface area contributed by atoms with Crippen molar-refractivity contribution in [2.24, 2.45) is 5.73 Å². The van der Waals surface area contributed by atoms with Gasteiger partial charge in [-0.3, -0.25) is 0 Å². The van der Waals surface area contributed by atoms with E-state index in [-0.39, 0.29) is 5.82 Å². The van der Waals surface area contributed by atoms with Crippen molar-refractivity contribution >= 4 is 5.69 Å². The minimum absolute atomic E-state index is 0.190. The zero-order chi connectivity index (χ0) is 12.7. The lowest BCUT2D eigenvalue weighted by Gasteiger charge is -2.26. The molecule has 1 aromatic carbocycles. The number of benzene rings is 1. The highest BCUT2D eigenvalue weighted by Gasteiger charge is 2.07. The first-order valence-corrected chi connectivity index (χ1v) is 5.99. The molecule has 0 unspecified atom stereocenters. The first-order chi connectivity index (χ1) is 8.13. The Morgan fingerprint density at radius 3 is 2.53 bits per heavy atom. The molecular weight excluding hydrogens is 217 g/mol. The van der Waals surface area contributed by atoms with Crippen LogP contribution < -0.4 is 10.6 Å². The molecule has 0 aliphatic heterocycles. The van der Waals surface area contributed by atoms with Gasteiger partial charge in [0.2, 0.25) is 0 Å². The van der Waals surface area contributed by atoms with E-state index in [1.807, 2.05) is 20.2 Å². The number of halogens is 1. The first kappa shape index (κ1) is 13.9. The molecule has 0 bridgehead atoms. The molecule has 3 nitrogen and oxygen atoms in total. The van der Waals surface area contributed by atoms with Crippen LogP contribution in [0.4, 0.5) is 10.1 Å². The van der Waals surface area contributed by atoms with Gasteiger partial charge < -0.3 is 15.5 Å². The van der Waals surface area contributed by atoms with Gasteiger partial charge in [0.1, 0.15) is 5.82 Å². The van der Waals surface area contributed by atoms with Crippen molar-refractivity contribution in [1.82, 2.24) is 4.90 Å². The van der Waals surface area contributed by atoms with Gasteiger partial charge in [0.25, 0.3) is 0 Å². The molecule has 0 saturated heterocycles. The van der Waals surface area contributed by atoms with E-state index >= 15 is 0 Å². The van der Waals surface area contributed by atoms with E-state index in [0.717, 1.165) is 31.7 Å². The predicted molar refractivity (Wildman–Crippen MR) is 70.8 cm³/mol. The number of hydrogen-bond acceptors (Lipinski definition) is 3. The lowest BCUT2D eigenvalue weighted by Crippen LogP contribution is -2.33. The van der Waals surface area contributed by atoms with Crippen LogP contribution >= 0.6 is 0 Å². The minimum atomic E-state index is -0.190. The summed E-state index contributed by atoms with van der Waals surface area (Å²) in [7, 11) is 4.07. The number of hydrogen-bond donors (Lipinski definition) is 1. The van der Waals surface area contributed by atoms with E-state index in [1.165, 1.54) is 6.07 Å². The molecule has 0 saturated carbocycles. The Bertz CT molecular complexity index is 328. The molecule has 1 aromatic rings. The van der Waals surface area contributed by atoms with Crippen molar-refractivity contribution < 1.29 is 4.39 Å². The summed E-state index contributed by atoms with van der Waals surface area (Å²) in [5, 5.41) is 0. The van der Waals surface area contributed by atoms with Gasteiger partial charge in [-0.15, -0.1) is 0 Å². The summed E-state index contributed by atoms with van der Waals surface area (Å²) in [5.41, 5.74) is 6.46. The Morgan fingerprint density at radius 1 is 1.18 bits per heavy atom. The van der Waals surface area contributed by atoms with E-state index in [2.05, 4.69) is 9.80 Å². The Labute approximate surface area is 103 Å². The summed E-state index contributed by atoms with van der Waals surface area (Å²) < 4.78 is 13.2. The third-order valence-corrected chi connectivity index (χ3v) is 2.62. The van der Waals surface area contributed by atoms with Crippen molar-refractivity contribution in [3.8, 4) is 0 Å². The van der Waals surface area contributed by atoms with Gasteiger partial charge in [0, 0.05) is 25.3 Å². The van der Waals surface area contributed by atoms with E-state index < -0.39 is 0 Å². The van der Waals surface area contributed by atoms with Crippen LogP contribution in [0, 0.1) is 5.82 Å². The molecule has 1 rings (SSSR count). The number of likely N-dealkylation sites (N-methyl/N-ethyl adjacent to an activating group) is 1. The highest BCUT2D eigenvalue weighted by atomic mass is 19.1. The van der Waals surface area contributed by atoms with Crippen molar-refractivity contribution in [2.75, 3.05) is 45.2 Å². The molecule has 0 aliphatic carbocycles. The number of nitrogens with two attached hydrogens (primary N) is 1. The van der Waals surface area contributed by atoms with Crippen LogP contribution in [-0.4, -0.2) is 45.2 Å². The van der Waals surface area contributed by atoms with Crippen LogP contribution in [-0.2, 0) is 0 Å². The summed E-state index contributed by atoms with van der Waals surface area (Å²) in [4.78, 5) is 4.30. The maximum Gasteiger partial charge on any atom is 0.125 e. The first-order valence-electron chi connectivity index (χ1n) is 5.99. The quantitative estimate of drug-likeness (QED) is 0.783. The van der Waals surface area contributed by atoms with Crippen LogP contribution in [0.3, 0.4) is 0 Å². The topological polar surface area (TPSA) is 32.5 Å². The molecule has 96 valence electrons. The highest BCUT2D eigenvalue weighted by molar-refractivity contribution is 5.46. The monoisotopic (exact) mass is 239 g/mol. The van der Waals surface area contributed by atoms with E-state index in [9.17, 15) is 4.39 Å².